The zero-order valence-electron chi connectivity index (χ0n) is 13.0. The summed E-state index contributed by atoms with van der Waals surface area (Å²) in [6.07, 6.45) is 12.6. The zero-order chi connectivity index (χ0) is 13.9. The van der Waals surface area contributed by atoms with Gasteiger partial charge in [-0.1, -0.05) is 18.6 Å². The molecular formula is C19H28O. The predicted octanol–water partition coefficient (Wildman–Crippen LogP) is 4.76. The number of hydrogen-bond acceptors (Lipinski definition) is 1. The molecule has 1 nitrogen and oxygen atoms in total. The predicted molar refractivity (Wildman–Crippen MR) is 81.3 cm³/mol. The van der Waals surface area contributed by atoms with Crippen LogP contribution in [0.5, 0.6) is 0 Å². The molecule has 0 heterocycles. The fraction of sp³-hybridized carbons (Fsp3) is 0.842. The van der Waals surface area contributed by atoms with E-state index < -0.39 is 0 Å². The van der Waals surface area contributed by atoms with Gasteiger partial charge in [0.25, 0.3) is 0 Å². The highest BCUT2D eigenvalue weighted by Crippen LogP contribution is 2.61. The van der Waals surface area contributed by atoms with Gasteiger partial charge in [0.1, 0.15) is 5.78 Å². The van der Waals surface area contributed by atoms with Gasteiger partial charge in [-0.25, -0.2) is 0 Å². The molecule has 1 heteroatoms. The van der Waals surface area contributed by atoms with E-state index >= 15 is 0 Å². The van der Waals surface area contributed by atoms with E-state index in [2.05, 4.69) is 19.9 Å². The Labute approximate surface area is 123 Å². The second-order valence-electron chi connectivity index (χ2n) is 8.34. The molecule has 0 aliphatic heterocycles. The minimum absolute atomic E-state index is 0.0639. The second kappa shape index (κ2) is 4.45. The third kappa shape index (κ3) is 1.71. The minimum atomic E-state index is 0.0639. The van der Waals surface area contributed by atoms with Crippen LogP contribution in [-0.2, 0) is 4.79 Å². The zero-order valence-corrected chi connectivity index (χ0v) is 13.0. The first kappa shape index (κ1) is 13.1. The minimum Gasteiger partial charge on any atom is -0.299 e. The maximum atomic E-state index is 12.3. The molecule has 6 atom stereocenters. The van der Waals surface area contributed by atoms with Crippen molar-refractivity contribution in [3.05, 3.63) is 11.6 Å². The first-order valence-electron chi connectivity index (χ1n) is 8.78. The maximum absolute atomic E-state index is 12.3. The van der Waals surface area contributed by atoms with Crippen LogP contribution in [0.25, 0.3) is 0 Å². The van der Waals surface area contributed by atoms with Gasteiger partial charge in [-0.2, -0.15) is 0 Å². The van der Waals surface area contributed by atoms with Crippen LogP contribution in [0.4, 0.5) is 0 Å². The standard InChI is InChI=1S/C19H28O/c1-12-3-5-14-13(11-12)4-6-16-15(14)9-10-19(2)17(16)7-8-18(19)20/h3,13-17H,4-11H2,1-2H3. The Morgan fingerprint density at radius 1 is 1.10 bits per heavy atom. The number of carbonyl (C=O) groups excluding carboxylic acids is 1. The Balaban J connectivity index is 1.61. The summed E-state index contributed by atoms with van der Waals surface area (Å²) in [7, 11) is 0. The van der Waals surface area contributed by atoms with E-state index in [-0.39, 0.29) is 5.41 Å². The summed E-state index contributed by atoms with van der Waals surface area (Å²) in [5, 5.41) is 0. The molecule has 20 heavy (non-hydrogen) atoms. The molecule has 0 aromatic carbocycles. The van der Waals surface area contributed by atoms with Crippen LogP contribution in [0.1, 0.15) is 65.2 Å². The van der Waals surface area contributed by atoms with Gasteiger partial charge < -0.3 is 0 Å². The van der Waals surface area contributed by atoms with Crippen molar-refractivity contribution < 1.29 is 4.79 Å². The summed E-state index contributed by atoms with van der Waals surface area (Å²) >= 11 is 0. The highest BCUT2D eigenvalue weighted by atomic mass is 16.1. The second-order valence-corrected chi connectivity index (χ2v) is 8.34. The third-order valence-electron chi connectivity index (χ3n) is 7.55. The molecule has 0 aromatic rings. The van der Waals surface area contributed by atoms with Crippen molar-refractivity contribution in [3.8, 4) is 0 Å². The Bertz CT molecular complexity index is 462. The normalized spacial score (nSPS) is 51.0. The molecule has 4 rings (SSSR count). The van der Waals surface area contributed by atoms with Crippen LogP contribution in [0.2, 0.25) is 0 Å². The number of rotatable bonds is 0. The number of ketones is 1. The van der Waals surface area contributed by atoms with Gasteiger partial charge in [-0.15, -0.1) is 0 Å². The molecule has 110 valence electrons. The van der Waals surface area contributed by atoms with Gasteiger partial charge in [0.05, 0.1) is 0 Å². The van der Waals surface area contributed by atoms with Crippen molar-refractivity contribution in [2.45, 2.75) is 65.2 Å². The van der Waals surface area contributed by atoms with Crippen LogP contribution < -0.4 is 0 Å². The van der Waals surface area contributed by atoms with E-state index in [4.69, 9.17) is 0 Å². The average Bonchev–Trinajstić information content (AvgIpc) is 2.74. The quantitative estimate of drug-likeness (QED) is 0.581. The van der Waals surface area contributed by atoms with Gasteiger partial charge >= 0.3 is 0 Å². The summed E-state index contributed by atoms with van der Waals surface area (Å²) < 4.78 is 0. The van der Waals surface area contributed by atoms with E-state index in [9.17, 15) is 4.79 Å². The van der Waals surface area contributed by atoms with Crippen molar-refractivity contribution in [2.75, 3.05) is 0 Å². The lowest BCUT2D eigenvalue weighted by molar-refractivity contribution is -0.132. The fourth-order valence-electron chi connectivity index (χ4n) is 6.46. The molecule has 4 aliphatic carbocycles. The molecule has 6 unspecified atom stereocenters. The number of allylic oxidation sites excluding steroid dienone is 2. The molecule has 0 bridgehead atoms. The summed E-state index contributed by atoms with van der Waals surface area (Å²) in [4.78, 5) is 12.3. The van der Waals surface area contributed by atoms with Crippen LogP contribution in [0.15, 0.2) is 11.6 Å². The van der Waals surface area contributed by atoms with E-state index in [0.29, 0.717) is 5.78 Å². The van der Waals surface area contributed by atoms with Crippen molar-refractivity contribution in [1.82, 2.24) is 0 Å². The Morgan fingerprint density at radius 3 is 2.80 bits per heavy atom. The highest BCUT2D eigenvalue weighted by molar-refractivity contribution is 5.87. The van der Waals surface area contributed by atoms with Gasteiger partial charge in [-0.05, 0) is 81.5 Å². The van der Waals surface area contributed by atoms with Crippen LogP contribution in [0.3, 0.4) is 0 Å². The van der Waals surface area contributed by atoms with E-state index in [1.54, 1.807) is 5.57 Å². The number of carbonyl (C=O) groups is 1. The smallest absolute Gasteiger partial charge is 0.139 e. The van der Waals surface area contributed by atoms with Crippen molar-refractivity contribution in [1.29, 1.82) is 0 Å². The molecule has 0 N–H and O–H groups in total. The highest BCUT2D eigenvalue weighted by Gasteiger charge is 2.56. The van der Waals surface area contributed by atoms with E-state index in [1.807, 2.05) is 0 Å². The molecular weight excluding hydrogens is 244 g/mol. The van der Waals surface area contributed by atoms with Crippen LogP contribution in [-0.4, -0.2) is 5.78 Å². The summed E-state index contributed by atoms with van der Waals surface area (Å²) in [6, 6.07) is 0. The van der Waals surface area contributed by atoms with Gasteiger partial charge in [0.15, 0.2) is 0 Å². The van der Waals surface area contributed by atoms with Crippen molar-refractivity contribution in [3.63, 3.8) is 0 Å². The summed E-state index contributed by atoms with van der Waals surface area (Å²) in [5.41, 5.74) is 1.69. The fourth-order valence-corrected chi connectivity index (χ4v) is 6.46. The Kier molecular flexibility index (Phi) is 2.91. The number of hydrogen-bond donors (Lipinski definition) is 0. The van der Waals surface area contributed by atoms with Gasteiger partial charge in [-0.3, -0.25) is 4.79 Å². The van der Waals surface area contributed by atoms with Crippen LogP contribution in [0, 0.1) is 35.0 Å². The first-order valence-corrected chi connectivity index (χ1v) is 8.78. The molecule has 3 saturated carbocycles. The van der Waals surface area contributed by atoms with Gasteiger partial charge in [0, 0.05) is 11.8 Å². The number of Topliss-reactive ketones (excluding diaryl/α,β-unsaturated/α-hetero) is 1. The van der Waals surface area contributed by atoms with E-state index in [0.717, 1.165) is 36.0 Å². The molecule has 0 radical (unpaired) electrons. The molecule has 0 amide bonds. The Hall–Kier alpha value is -0.590. The summed E-state index contributed by atoms with van der Waals surface area (Å²) in [6.45, 7) is 4.61. The van der Waals surface area contributed by atoms with Crippen molar-refractivity contribution >= 4 is 5.78 Å². The monoisotopic (exact) mass is 272 g/mol. The van der Waals surface area contributed by atoms with Crippen molar-refractivity contribution in [2.24, 2.45) is 35.0 Å². The molecule has 0 saturated heterocycles. The SMILES string of the molecule is CC1=CCC2C(CCC3C2CCC2(C)C(=O)CCC32)C1. The number of fused-ring (bicyclic) bond motifs is 5. The molecule has 0 spiro atoms. The molecule has 4 aliphatic rings. The van der Waals surface area contributed by atoms with E-state index in [1.165, 1.54) is 44.9 Å². The Morgan fingerprint density at radius 2 is 1.95 bits per heavy atom. The lowest BCUT2D eigenvalue weighted by Gasteiger charge is -2.53. The molecule has 3 fully saturated rings. The maximum Gasteiger partial charge on any atom is 0.139 e. The topological polar surface area (TPSA) is 17.1 Å². The largest absolute Gasteiger partial charge is 0.299 e. The first-order chi connectivity index (χ1) is 9.59. The molecule has 0 aromatic heterocycles. The van der Waals surface area contributed by atoms with Gasteiger partial charge in [0.2, 0.25) is 0 Å². The lowest BCUT2D eigenvalue weighted by atomic mass is 9.51. The average molecular weight is 272 g/mol. The van der Waals surface area contributed by atoms with Crippen LogP contribution >= 0.6 is 0 Å². The summed E-state index contributed by atoms with van der Waals surface area (Å²) in [5.74, 6) is 5.01. The lowest BCUT2D eigenvalue weighted by Crippen LogP contribution is -2.47. The third-order valence-corrected chi connectivity index (χ3v) is 7.55.